The molecule has 1 aromatic carbocycles. The Balaban J connectivity index is 2.70. The first kappa shape index (κ1) is 13.7. The lowest BCUT2D eigenvalue weighted by Crippen LogP contribution is -2.21. The molecule has 0 amide bonds. The van der Waals surface area contributed by atoms with Crippen LogP contribution in [0.1, 0.15) is 36.5 Å². The van der Waals surface area contributed by atoms with Crippen LogP contribution in [0.4, 0.5) is 0 Å². The van der Waals surface area contributed by atoms with Gasteiger partial charge in [0.25, 0.3) is 0 Å². The van der Waals surface area contributed by atoms with Gasteiger partial charge in [0.2, 0.25) is 0 Å². The smallest absolute Gasteiger partial charge is 0.0863 e. The van der Waals surface area contributed by atoms with Gasteiger partial charge in [-0.15, -0.1) is 0 Å². The van der Waals surface area contributed by atoms with Crippen molar-refractivity contribution in [3.8, 4) is 6.07 Å². The van der Waals surface area contributed by atoms with Gasteiger partial charge in [-0.1, -0.05) is 32.0 Å². The molecular weight excluding hydrogens is 208 g/mol. The maximum absolute atomic E-state index is 8.61. The minimum absolute atomic E-state index is 0.503. The Kier molecular flexibility index (Phi) is 5.18. The van der Waals surface area contributed by atoms with Crippen LogP contribution in [0.15, 0.2) is 18.2 Å². The molecule has 0 aliphatic carbocycles. The third-order valence-corrected chi connectivity index (χ3v) is 3.14. The van der Waals surface area contributed by atoms with E-state index in [4.69, 9.17) is 5.26 Å². The maximum atomic E-state index is 8.61. The third-order valence-electron chi connectivity index (χ3n) is 3.14. The van der Waals surface area contributed by atoms with Crippen molar-refractivity contribution < 1.29 is 0 Å². The van der Waals surface area contributed by atoms with E-state index in [0.29, 0.717) is 12.5 Å². The minimum Gasteiger partial charge on any atom is -0.293 e. The van der Waals surface area contributed by atoms with Gasteiger partial charge in [0.15, 0.2) is 0 Å². The van der Waals surface area contributed by atoms with Crippen LogP contribution in [0.25, 0.3) is 0 Å². The normalized spacial score (nSPS) is 10.9. The molecule has 0 unspecified atom stereocenters. The Morgan fingerprint density at radius 2 is 2.06 bits per heavy atom. The molecule has 1 rings (SSSR count). The Labute approximate surface area is 105 Å². The van der Waals surface area contributed by atoms with Crippen molar-refractivity contribution in [3.63, 3.8) is 0 Å². The van der Waals surface area contributed by atoms with Gasteiger partial charge in [-0.2, -0.15) is 5.26 Å². The molecule has 0 aliphatic heterocycles. The fourth-order valence-electron chi connectivity index (χ4n) is 1.83. The zero-order chi connectivity index (χ0) is 12.8. The first-order chi connectivity index (χ1) is 8.04. The summed E-state index contributed by atoms with van der Waals surface area (Å²) in [5.74, 6) is 0.575. The molecule has 0 bridgehead atoms. The predicted molar refractivity (Wildman–Crippen MR) is 72.1 cm³/mol. The number of nitriles is 1. The van der Waals surface area contributed by atoms with Crippen LogP contribution < -0.4 is 0 Å². The molecule has 0 radical (unpaired) electrons. The van der Waals surface area contributed by atoms with Crippen LogP contribution >= 0.6 is 0 Å². The summed E-state index contributed by atoms with van der Waals surface area (Å²) in [6.07, 6.45) is 1.02. The van der Waals surface area contributed by atoms with Gasteiger partial charge in [-0.25, -0.2) is 0 Å². The van der Waals surface area contributed by atoms with Crippen molar-refractivity contribution in [2.24, 2.45) is 0 Å². The summed E-state index contributed by atoms with van der Waals surface area (Å²) < 4.78 is 0. The molecule has 0 aromatic heterocycles. The second-order valence-electron chi connectivity index (χ2n) is 4.99. The standard InChI is InChI=1S/C15H22N2/c1-12(2)14-6-5-13(3)15(11-14)7-9-17(4)10-8-16/h5-6,11-12H,7,9-10H2,1-4H3. The number of hydrogen-bond donors (Lipinski definition) is 0. The highest BCUT2D eigenvalue weighted by Crippen LogP contribution is 2.19. The van der Waals surface area contributed by atoms with E-state index >= 15 is 0 Å². The van der Waals surface area contributed by atoms with E-state index in [2.05, 4.69) is 49.9 Å². The van der Waals surface area contributed by atoms with Gasteiger partial charge in [0.1, 0.15) is 0 Å². The summed E-state index contributed by atoms with van der Waals surface area (Å²) in [6, 6.07) is 8.89. The number of benzene rings is 1. The first-order valence-electron chi connectivity index (χ1n) is 6.19. The topological polar surface area (TPSA) is 27.0 Å². The Bertz CT molecular complexity index is 402. The van der Waals surface area contributed by atoms with E-state index in [9.17, 15) is 0 Å². The average molecular weight is 230 g/mol. The molecule has 0 atom stereocenters. The van der Waals surface area contributed by atoms with E-state index < -0.39 is 0 Å². The van der Waals surface area contributed by atoms with Crippen molar-refractivity contribution >= 4 is 0 Å². The molecule has 0 spiro atoms. The summed E-state index contributed by atoms with van der Waals surface area (Å²) in [5, 5.41) is 8.61. The van der Waals surface area contributed by atoms with Gasteiger partial charge < -0.3 is 0 Å². The number of nitrogens with zero attached hydrogens (tertiary/aromatic N) is 2. The molecule has 0 heterocycles. The summed E-state index contributed by atoms with van der Waals surface area (Å²) in [6.45, 7) is 8.04. The van der Waals surface area contributed by atoms with Gasteiger partial charge in [-0.3, -0.25) is 4.90 Å². The molecule has 2 heteroatoms. The summed E-state index contributed by atoms with van der Waals surface area (Å²) in [7, 11) is 1.99. The number of aryl methyl sites for hydroxylation is 1. The van der Waals surface area contributed by atoms with Gasteiger partial charge in [0.05, 0.1) is 12.6 Å². The zero-order valence-electron chi connectivity index (χ0n) is 11.3. The van der Waals surface area contributed by atoms with E-state index in [0.717, 1.165) is 13.0 Å². The lowest BCUT2D eigenvalue weighted by atomic mass is 9.96. The lowest BCUT2D eigenvalue weighted by molar-refractivity contribution is 0.379. The fraction of sp³-hybridized carbons (Fsp3) is 0.533. The molecule has 1 aromatic rings. The Hall–Kier alpha value is -1.33. The second kappa shape index (κ2) is 6.42. The molecule has 2 nitrogen and oxygen atoms in total. The molecular formula is C15H22N2. The second-order valence-corrected chi connectivity index (χ2v) is 4.99. The van der Waals surface area contributed by atoms with Crippen LogP contribution in [0.3, 0.4) is 0 Å². The molecule has 0 saturated heterocycles. The van der Waals surface area contributed by atoms with Gasteiger partial charge >= 0.3 is 0 Å². The lowest BCUT2D eigenvalue weighted by Gasteiger charge is -2.15. The van der Waals surface area contributed by atoms with E-state index in [1.807, 2.05) is 7.05 Å². The number of likely N-dealkylation sites (N-methyl/N-ethyl adjacent to an activating group) is 1. The highest BCUT2D eigenvalue weighted by atomic mass is 15.1. The van der Waals surface area contributed by atoms with Crippen molar-refractivity contribution in [3.05, 3.63) is 34.9 Å². The van der Waals surface area contributed by atoms with Crippen LogP contribution in [0.2, 0.25) is 0 Å². The number of rotatable bonds is 5. The highest BCUT2D eigenvalue weighted by molar-refractivity contribution is 5.32. The quantitative estimate of drug-likeness (QED) is 0.727. The maximum Gasteiger partial charge on any atom is 0.0863 e. The zero-order valence-corrected chi connectivity index (χ0v) is 11.3. The largest absolute Gasteiger partial charge is 0.293 e. The van der Waals surface area contributed by atoms with Crippen molar-refractivity contribution in [1.29, 1.82) is 5.26 Å². The van der Waals surface area contributed by atoms with Crippen molar-refractivity contribution in [2.75, 3.05) is 20.1 Å². The molecule has 92 valence electrons. The molecule has 0 aliphatic rings. The summed E-state index contributed by atoms with van der Waals surface area (Å²) in [5.41, 5.74) is 4.15. The summed E-state index contributed by atoms with van der Waals surface area (Å²) in [4.78, 5) is 2.06. The molecule has 0 fully saturated rings. The van der Waals surface area contributed by atoms with Crippen LogP contribution in [0, 0.1) is 18.3 Å². The Morgan fingerprint density at radius 1 is 1.35 bits per heavy atom. The fourth-order valence-corrected chi connectivity index (χ4v) is 1.83. The van der Waals surface area contributed by atoms with Crippen LogP contribution in [-0.2, 0) is 6.42 Å². The van der Waals surface area contributed by atoms with E-state index in [1.54, 1.807) is 0 Å². The van der Waals surface area contributed by atoms with Gasteiger partial charge in [-0.05, 0) is 43.0 Å². The van der Waals surface area contributed by atoms with E-state index in [-0.39, 0.29) is 0 Å². The first-order valence-corrected chi connectivity index (χ1v) is 6.19. The van der Waals surface area contributed by atoms with Crippen LogP contribution in [-0.4, -0.2) is 25.0 Å². The average Bonchev–Trinajstić information content (AvgIpc) is 2.28. The summed E-state index contributed by atoms with van der Waals surface area (Å²) >= 11 is 0. The number of hydrogen-bond acceptors (Lipinski definition) is 2. The molecule has 0 N–H and O–H groups in total. The van der Waals surface area contributed by atoms with Crippen molar-refractivity contribution in [1.82, 2.24) is 4.90 Å². The highest BCUT2D eigenvalue weighted by Gasteiger charge is 2.05. The monoisotopic (exact) mass is 230 g/mol. The van der Waals surface area contributed by atoms with Crippen molar-refractivity contribution in [2.45, 2.75) is 33.1 Å². The van der Waals surface area contributed by atoms with Crippen LogP contribution in [0.5, 0.6) is 0 Å². The SMILES string of the molecule is Cc1ccc(C(C)C)cc1CCN(C)CC#N. The third kappa shape index (κ3) is 4.20. The van der Waals surface area contributed by atoms with Gasteiger partial charge in [0, 0.05) is 6.54 Å². The molecule has 17 heavy (non-hydrogen) atoms. The van der Waals surface area contributed by atoms with E-state index in [1.165, 1.54) is 16.7 Å². The molecule has 0 saturated carbocycles. The Morgan fingerprint density at radius 3 is 2.65 bits per heavy atom. The minimum atomic E-state index is 0.503. The predicted octanol–water partition coefficient (Wildman–Crippen LogP) is 3.12.